The highest BCUT2D eigenvalue weighted by Crippen LogP contribution is 2.19. The third kappa shape index (κ3) is 2.92. The van der Waals surface area contributed by atoms with Crippen molar-refractivity contribution in [1.29, 1.82) is 0 Å². The number of aromatic amines is 1. The highest BCUT2D eigenvalue weighted by atomic mass is 19.1. The van der Waals surface area contributed by atoms with Gasteiger partial charge in [-0.15, -0.1) is 0 Å². The Hall–Kier alpha value is -3.09. The van der Waals surface area contributed by atoms with Gasteiger partial charge in [-0.25, -0.2) is 19.5 Å². The number of hydrogen-bond donors (Lipinski definition) is 1. The van der Waals surface area contributed by atoms with Gasteiger partial charge in [0.1, 0.15) is 11.6 Å². The van der Waals surface area contributed by atoms with Crippen molar-refractivity contribution in [2.75, 3.05) is 0 Å². The van der Waals surface area contributed by atoms with E-state index in [1.807, 2.05) is 0 Å². The summed E-state index contributed by atoms with van der Waals surface area (Å²) in [5.74, 6) is -0.114. The predicted molar refractivity (Wildman–Crippen MR) is 72.4 cm³/mol. The average molecular weight is 284 g/mol. The molecule has 0 aliphatic carbocycles. The molecule has 0 fully saturated rings. The van der Waals surface area contributed by atoms with Crippen LogP contribution in [0.5, 0.6) is 11.8 Å². The van der Waals surface area contributed by atoms with Crippen molar-refractivity contribution < 1.29 is 9.13 Å². The van der Waals surface area contributed by atoms with Crippen LogP contribution in [-0.4, -0.2) is 20.2 Å². The molecule has 2 aromatic heterocycles. The van der Waals surface area contributed by atoms with Crippen LogP contribution in [0.3, 0.4) is 0 Å². The fraction of sp³-hybridized carbons (Fsp3) is 0. The van der Waals surface area contributed by atoms with E-state index in [0.717, 1.165) is 0 Å². The quantitative estimate of drug-likeness (QED) is 0.797. The van der Waals surface area contributed by atoms with Crippen LogP contribution in [0.25, 0.3) is 11.1 Å². The molecular formula is C14H9FN4O2. The Kier molecular flexibility index (Phi) is 3.38. The molecule has 0 unspecified atom stereocenters. The molecule has 0 aliphatic heterocycles. The summed E-state index contributed by atoms with van der Waals surface area (Å²) in [6.45, 7) is 0. The van der Waals surface area contributed by atoms with Crippen LogP contribution in [0.1, 0.15) is 0 Å². The van der Waals surface area contributed by atoms with Gasteiger partial charge in [-0.2, -0.15) is 5.10 Å². The van der Waals surface area contributed by atoms with Crippen molar-refractivity contribution in [3.63, 3.8) is 0 Å². The number of H-pyrrole nitrogens is 1. The summed E-state index contributed by atoms with van der Waals surface area (Å²) in [6, 6.07) is 7.28. The number of ether oxygens (including phenoxy) is 1. The summed E-state index contributed by atoms with van der Waals surface area (Å²) < 4.78 is 18.4. The second kappa shape index (κ2) is 5.49. The Morgan fingerprint density at radius 1 is 1.14 bits per heavy atom. The molecular weight excluding hydrogens is 275 g/mol. The first-order chi connectivity index (χ1) is 10.2. The van der Waals surface area contributed by atoms with Crippen molar-refractivity contribution in [3.05, 3.63) is 65.1 Å². The SMILES string of the molecule is O=c1[nH]nccc1-c1cnc(Oc2cccc(F)c2)nc1. The molecule has 0 saturated heterocycles. The van der Waals surface area contributed by atoms with Crippen LogP contribution in [0.15, 0.2) is 53.7 Å². The van der Waals surface area contributed by atoms with Crippen molar-refractivity contribution in [2.45, 2.75) is 0 Å². The topological polar surface area (TPSA) is 80.8 Å². The Labute approximate surface area is 118 Å². The van der Waals surface area contributed by atoms with Gasteiger partial charge in [-0.3, -0.25) is 4.79 Å². The van der Waals surface area contributed by atoms with Gasteiger partial charge < -0.3 is 4.74 Å². The Balaban J connectivity index is 1.85. The molecule has 0 aliphatic rings. The minimum Gasteiger partial charge on any atom is -0.424 e. The molecule has 1 N–H and O–H groups in total. The van der Waals surface area contributed by atoms with Gasteiger partial charge in [-0.1, -0.05) is 6.07 Å². The molecule has 3 rings (SSSR count). The van der Waals surface area contributed by atoms with E-state index in [9.17, 15) is 9.18 Å². The zero-order chi connectivity index (χ0) is 14.7. The molecule has 0 bridgehead atoms. The Morgan fingerprint density at radius 2 is 1.95 bits per heavy atom. The van der Waals surface area contributed by atoms with Crippen LogP contribution in [0.4, 0.5) is 4.39 Å². The minimum atomic E-state index is -0.410. The Bertz CT molecular complexity index is 817. The molecule has 104 valence electrons. The fourth-order valence-electron chi connectivity index (χ4n) is 1.71. The van der Waals surface area contributed by atoms with E-state index in [-0.39, 0.29) is 11.6 Å². The number of halogens is 1. The summed E-state index contributed by atoms with van der Waals surface area (Å²) in [4.78, 5) is 19.6. The number of nitrogens with zero attached hydrogens (tertiary/aromatic N) is 3. The van der Waals surface area contributed by atoms with Crippen molar-refractivity contribution in [1.82, 2.24) is 20.2 Å². The molecule has 0 atom stereocenters. The van der Waals surface area contributed by atoms with Gasteiger partial charge >= 0.3 is 6.01 Å². The molecule has 7 heteroatoms. The van der Waals surface area contributed by atoms with E-state index in [0.29, 0.717) is 16.9 Å². The molecule has 2 heterocycles. The highest BCUT2D eigenvalue weighted by Gasteiger charge is 2.06. The molecule has 0 saturated carbocycles. The van der Waals surface area contributed by atoms with Crippen LogP contribution >= 0.6 is 0 Å². The molecule has 0 spiro atoms. The maximum atomic E-state index is 13.0. The molecule has 21 heavy (non-hydrogen) atoms. The molecule has 1 aromatic carbocycles. The van der Waals surface area contributed by atoms with Gasteiger partial charge in [-0.05, 0) is 18.2 Å². The number of rotatable bonds is 3. The second-order valence-electron chi connectivity index (χ2n) is 4.11. The lowest BCUT2D eigenvalue weighted by atomic mass is 10.2. The third-order valence-corrected chi connectivity index (χ3v) is 2.67. The van der Waals surface area contributed by atoms with E-state index in [4.69, 9.17) is 4.74 Å². The fourth-order valence-corrected chi connectivity index (χ4v) is 1.71. The van der Waals surface area contributed by atoms with E-state index >= 15 is 0 Å². The number of benzene rings is 1. The molecule has 6 nitrogen and oxygen atoms in total. The smallest absolute Gasteiger partial charge is 0.321 e. The lowest BCUT2D eigenvalue weighted by molar-refractivity contribution is 0.438. The van der Waals surface area contributed by atoms with Gasteiger partial charge in [0, 0.05) is 30.2 Å². The monoisotopic (exact) mass is 284 g/mol. The predicted octanol–water partition coefficient (Wildman–Crippen LogP) is 2.16. The first-order valence-corrected chi connectivity index (χ1v) is 6.02. The standard InChI is InChI=1S/C14H9FN4O2/c15-10-2-1-3-11(6-10)21-14-16-7-9(8-17-14)12-4-5-18-19-13(12)20/h1-8H,(H,19,20). The van der Waals surface area contributed by atoms with E-state index in [1.54, 1.807) is 12.1 Å². The van der Waals surface area contributed by atoms with Gasteiger partial charge in [0.2, 0.25) is 0 Å². The summed E-state index contributed by atoms with van der Waals surface area (Å²) in [7, 11) is 0. The largest absolute Gasteiger partial charge is 0.424 e. The summed E-state index contributed by atoms with van der Waals surface area (Å²) >= 11 is 0. The van der Waals surface area contributed by atoms with Gasteiger partial charge in [0.15, 0.2) is 0 Å². The van der Waals surface area contributed by atoms with Gasteiger partial charge in [0.05, 0.1) is 5.56 Å². The third-order valence-electron chi connectivity index (χ3n) is 2.67. The molecule has 0 radical (unpaired) electrons. The zero-order valence-electron chi connectivity index (χ0n) is 10.7. The first kappa shape index (κ1) is 12.9. The summed E-state index contributed by atoms with van der Waals surface area (Å²) in [5.41, 5.74) is 0.604. The van der Waals surface area contributed by atoms with Crippen LogP contribution in [0.2, 0.25) is 0 Å². The van der Waals surface area contributed by atoms with Crippen LogP contribution < -0.4 is 10.3 Å². The van der Waals surface area contributed by atoms with Crippen LogP contribution in [0, 0.1) is 5.82 Å². The van der Waals surface area contributed by atoms with Crippen molar-refractivity contribution in [2.24, 2.45) is 0 Å². The van der Waals surface area contributed by atoms with Gasteiger partial charge in [0.25, 0.3) is 5.56 Å². The summed E-state index contributed by atoms with van der Waals surface area (Å²) in [5, 5.41) is 5.94. The molecule has 3 aromatic rings. The maximum absolute atomic E-state index is 13.0. The number of hydrogen-bond acceptors (Lipinski definition) is 5. The lowest BCUT2D eigenvalue weighted by Gasteiger charge is -2.04. The van der Waals surface area contributed by atoms with Crippen molar-refractivity contribution >= 4 is 0 Å². The van der Waals surface area contributed by atoms with E-state index < -0.39 is 5.82 Å². The minimum absolute atomic E-state index is 0.0647. The normalized spacial score (nSPS) is 10.3. The first-order valence-electron chi connectivity index (χ1n) is 6.02. The van der Waals surface area contributed by atoms with E-state index in [2.05, 4.69) is 20.2 Å². The number of nitrogens with one attached hydrogen (secondary N) is 1. The van der Waals surface area contributed by atoms with Crippen LogP contribution in [-0.2, 0) is 0 Å². The molecule has 0 amide bonds. The zero-order valence-corrected chi connectivity index (χ0v) is 10.7. The van der Waals surface area contributed by atoms with E-state index in [1.165, 1.54) is 36.8 Å². The number of aromatic nitrogens is 4. The lowest BCUT2D eigenvalue weighted by Crippen LogP contribution is -2.09. The van der Waals surface area contributed by atoms with Crippen molar-refractivity contribution in [3.8, 4) is 22.9 Å². The maximum Gasteiger partial charge on any atom is 0.321 e. The average Bonchev–Trinajstić information content (AvgIpc) is 2.49. The Morgan fingerprint density at radius 3 is 2.67 bits per heavy atom. The second-order valence-corrected chi connectivity index (χ2v) is 4.11. The highest BCUT2D eigenvalue weighted by molar-refractivity contribution is 5.59. The summed E-state index contributed by atoms with van der Waals surface area (Å²) in [6.07, 6.45) is 4.37.